The second kappa shape index (κ2) is 10.4. The molecule has 0 aliphatic carbocycles. The van der Waals surface area contributed by atoms with Crippen molar-refractivity contribution in [2.45, 2.75) is 0 Å². The van der Waals surface area contributed by atoms with Crippen molar-refractivity contribution in [2.75, 3.05) is 0 Å². The molecule has 0 amide bonds. The molecule has 0 unspecified atom stereocenters. The van der Waals surface area contributed by atoms with Crippen LogP contribution in [0.4, 0.5) is 0 Å². The molecule has 0 radical (unpaired) electrons. The fourth-order valence-corrected chi connectivity index (χ4v) is 6.28. The van der Waals surface area contributed by atoms with Gasteiger partial charge in [-0.1, -0.05) is 151 Å². The quantitative estimate of drug-likeness (QED) is 0.188. The Labute approximate surface area is 278 Å². The predicted octanol–water partition coefficient (Wildman–Crippen LogP) is 12.6. The van der Waals surface area contributed by atoms with Crippen molar-refractivity contribution in [1.29, 1.82) is 0 Å². The SMILES string of the molecule is [2H]c1c([2H])c([2H])c(-c2ccccc2-c2c3ccccc3c(-c3ccc(-c4c([2H])c([2H])c5oc6c([2H])c([2H])c([2H])c([2H])c6c5c4[2H])cc3)c3ccccc23)c([2H])c1[2H]. The van der Waals surface area contributed by atoms with Gasteiger partial charge in [-0.05, 0) is 84.2 Å². The van der Waals surface area contributed by atoms with Crippen LogP contribution in [0, 0.1) is 0 Å². The van der Waals surface area contributed by atoms with Gasteiger partial charge in [-0.25, -0.2) is 0 Å². The summed E-state index contributed by atoms with van der Waals surface area (Å²) in [6.07, 6.45) is 0. The van der Waals surface area contributed by atoms with Gasteiger partial charge in [0.2, 0.25) is 0 Å². The van der Waals surface area contributed by atoms with Crippen LogP contribution in [0.2, 0.25) is 0 Å². The molecule has 1 aromatic heterocycles. The van der Waals surface area contributed by atoms with E-state index in [1.165, 1.54) is 0 Å². The maximum absolute atomic E-state index is 9.21. The fraction of sp³-hybridized carbons (Fsp3) is 0. The number of rotatable bonds is 4. The van der Waals surface area contributed by atoms with E-state index in [1.807, 2.05) is 72.8 Å². The first-order valence-corrected chi connectivity index (χ1v) is 14.5. The predicted molar refractivity (Wildman–Crippen MR) is 190 cm³/mol. The fourth-order valence-electron chi connectivity index (χ4n) is 6.28. The van der Waals surface area contributed by atoms with Crippen LogP contribution in [0.25, 0.3) is 88.0 Å². The van der Waals surface area contributed by atoms with Crippen LogP contribution in [-0.2, 0) is 0 Å². The number of furan rings is 1. The van der Waals surface area contributed by atoms with Crippen molar-refractivity contribution in [3.8, 4) is 44.5 Å². The summed E-state index contributed by atoms with van der Waals surface area (Å²) in [5, 5.41) is 3.58. The van der Waals surface area contributed by atoms with Crippen LogP contribution < -0.4 is 0 Å². The van der Waals surface area contributed by atoms with E-state index in [2.05, 4.69) is 0 Å². The Morgan fingerprint density at radius 2 is 0.911 bits per heavy atom. The third-order valence-electron chi connectivity index (χ3n) is 8.24. The van der Waals surface area contributed by atoms with Crippen molar-refractivity contribution in [1.82, 2.24) is 0 Å². The molecule has 1 nitrogen and oxygen atoms in total. The Hall–Kier alpha value is -5.92. The van der Waals surface area contributed by atoms with Crippen molar-refractivity contribution in [3.05, 3.63) is 170 Å². The summed E-state index contributed by atoms with van der Waals surface area (Å²) in [6.45, 7) is 0. The highest BCUT2D eigenvalue weighted by molar-refractivity contribution is 6.22. The zero-order valence-corrected chi connectivity index (χ0v) is 23.6. The van der Waals surface area contributed by atoms with E-state index < -0.39 is 36.3 Å². The van der Waals surface area contributed by atoms with Crippen LogP contribution in [-0.4, -0.2) is 0 Å². The molecule has 9 aromatic rings. The molecule has 1 heterocycles. The normalized spacial score (nSPS) is 15.3. The number of hydrogen-bond acceptors (Lipinski definition) is 1. The molecule has 0 fully saturated rings. The highest BCUT2D eigenvalue weighted by Crippen LogP contribution is 2.46. The lowest BCUT2D eigenvalue weighted by Crippen LogP contribution is -1.92. The first-order chi connectivity index (χ1) is 27.3. The Balaban J connectivity index is 1.27. The second-order valence-electron chi connectivity index (χ2n) is 10.7. The molecule has 0 aliphatic rings. The van der Waals surface area contributed by atoms with Gasteiger partial charge in [0.25, 0.3) is 0 Å². The molecule has 0 saturated carbocycles. The van der Waals surface area contributed by atoms with E-state index in [-0.39, 0.29) is 69.3 Å². The third kappa shape index (κ3) is 4.17. The lowest BCUT2D eigenvalue weighted by atomic mass is 9.83. The number of fused-ring (bicyclic) bond motifs is 5. The first kappa shape index (κ1) is 16.2. The summed E-state index contributed by atoms with van der Waals surface area (Å²) >= 11 is 0. The number of hydrogen-bond donors (Lipinski definition) is 0. The molecule has 0 bridgehead atoms. The molecular formula is C44H28O. The Morgan fingerprint density at radius 1 is 0.356 bits per heavy atom. The van der Waals surface area contributed by atoms with Crippen molar-refractivity contribution >= 4 is 43.5 Å². The summed E-state index contributed by atoms with van der Waals surface area (Å²) in [5.41, 5.74) is 4.18. The molecule has 8 aromatic carbocycles. The second-order valence-corrected chi connectivity index (χ2v) is 10.7. The van der Waals surface area contributed by atoms with Gasteiger partial charge >= 0.3 is 0 Å². The van der Waals surface area contributed by atoms with Crippen molar-refractivity contribution in [2.24, 2.45) is 0 Å². The molecule has 0 saturated heterocycles. The Morgan fingerprint density at radius 3 is 1.62 bits per heavy atom. The standard InChI is InChI=1S/C44H28O/c1-2-12-30(13-3-1)33-14-4-5-16-35(33)44-38-19-8-6-17-36(38)43(37-18-7-9-20-39(37)44)31-24-22-29(23-25-31)32-26-27-42-40(28-32)34-15-10-11-21-41(34)45-42/h1-28H/i1D,2D,3D,10D,11D,12D,13D,15D,21D,26D,27D,28D. The minimum Gasteiger partial charge on any atom is -0.456 e. The molecule has 210 valence electrons. The summed E-state index contributed by atoms with van der Waals surface area (Å²) in [6, 6.07) is 26.0. The van der Waals surface area contributed by atoms with Gasteiger partial charge in [0.1, 0.15) is 11.2 Å². The van der Waals surface area contributed by atoms with Crippen LogP contribution >= 0.6 is 0 Å². The van der Waals surface area contributed by atoms with E-state index in [0.717, 1.165) is 38.2 Å². The van der Waals surface area contributed by atoms with Crippen LogP contribution in [0.3, 0.4) is 0 Å². The minimum absolute atomic E-state index is 0.00135. The molecule has 9 rings (SSSR count). The molecule has 0 spiro atoms. The van der Waals surface area contributed by atoms with E-state index >= 15 is 0 Å². The topological polar surface area (TPSA) is 13.1 Å². The summed E-state index contributed by atoms with van der Waals surface area (Å²) < 4.78 is 108. The Kier molecular flexibility index (Phi) is 3.74. The smallest absolute Gasteiger partial charge is 0.135 e. The van der Waals surface area contributed by atoms with Crippen LogP contribution in [0.15, 0.2) is 174 Å². The first-order valence-electron chi connectivity index (χ1n) is 20.5. The van der Waals surface area contributed by atoms with Crippen LogP contribution in [0.5, 0.6) is 0 Å². The molecule has 45 heavy (non-hydrogen) atoms. The average Bonchev–Trinajstić information content (AvgIpc) is 3.64. The maximum atomic E-state index is 9.21. The molecule has 1 heteroatoms. The Bertz CT molecular complexity index is 3120. The molecule has 0 atom stereocenters. The van der Waals surface area contributed by atoms with Crippen molar-refractivity contribution in [3.63, 3.8) is 0 Å². The van der Waals surface area contributed by atoms with Gasteiger partial charge in [-0.15, -0.1) is 0 Å². The summed E-state index contributed by atoms with van der Waals surface area (Å²) in [5.74, 6) is 0. The van der Waals surface area contributed by atoms with Gasteiger partial charge in [0.05, 0.1) is 16.4 Å². The third-order valence-corrected chi connectivity index (χ3v) is 8.24. The monoisotopic (exact) mass is 584 g/mol. The lowest BCUT2D eigenvalue weighted by Gasteiger charge is -2.19. The largest absolute Gasteiger partial charge is 0.456 e. The zero-order chi connectivity index (χ0) is 40.2. The minimum atomic E-state index is -0.488. The van der Waals surface area contributed by atoms with Gasteiger partial charge in [0.15, 0.2) is 0 Å². The van der Waals surface area contributed by atoms with E-state index in [4.69, 9.17) is 19.5 Å². The van der Waals surface area contributed by atoms with Crippen LogP contribution in [0.1, 0.15) is 16.4 Å². The average molecular weight is 585 g/mol. The molecule has 0 aliphatic heterocycles. The highest BCUT2D eigenvalue weighted by atomic mass is 16.3. The highest BCUT2D eigenvalue weighted by Gasteiger charge is 2.18. The van der Waals surface area contributed by atoms with Gasteiger partial charge in [-0.3, -0.25) is 0 Å². The van der Waals surface area contributed by atoms with Gasteiger partial charge in [-0.2, -0.15) is 0 Å². The van der Waals surface area contributed by atoms with Gasteiger partial charge < -0.3 is 4.42 Å². The summed E-state index contributed by atoms with van der Waals surface area (Å²) in [7, 11) is 0. The molecule has 0 N–H and O–H groups in total. The zero-order valence-electron chi connectivity index (χ0n) is 35.6. The number of para-hydroxylation sites is 1. The number of benzene rings is 8. The van der Waals surface area contributed by atoms with Crippen molar-refractivity contribution < 1.29 is 20.9 Å². The lowest BCUT2D eigenvalue weighted by molar-refractivity contribution is 0.669. The summed E-state index contributed by atoms with van der Waals surface area (Å²) in [4.78, 5) is 0. The van der Waals surface area contributed by atoms with E-state index in [0.29, 0.717) is 16.7 Å². The van der Waals surface area contributed by atoms with E-state index in [1.54, 1.807) is 24.3 Å². The molecular weight excluding hydrogens is 544 g/mol. The van der Waals surface area contributed by atoms with E-state index in [9.17, 15) is 1.37 Å². The maximum Gasteiger partial charge on any atom is 0.135 e. The van der Waals surface area contributed by atoms with Gasteiger partial charge in [0, 0.05) is 10.8 Å².